The molecular formula is C23H27N3O3. The van der Waals surface area contributed by atoms with Gasteiger partial charge in [-0.05, 0) is 47.8 Å². The van der Waals surface area contributed by atoms with Gasteiger partial charge in [0.2, 0.25) is 0 Å². The number of aliphatic hydroxyl groups excluding tert-OH is 2. The molecule has 6 nitrogen and oxygen atoms in total. The Morgan fingerprint density at radius 2 is 1.86 bits per heavy atom. The molecule has 152 valence electrons. The monoisotopic (exact) mass is 393 g/mol. The first kappa shape index (κ1) is 18.6. The Labute approximate surface area is 170 Å². The maximum Gasteiger partial charge on any atom is 0.127 e. The van der Waals surface area contributed by atoms with E-state index in [0.717, 1.165) is 53.6 Å². The molecule has 0 bridgehead atoms. The van der Waals surface area contributed by atoms with Crippen molar-refractivity contribution >= 4 is 10.8 Å². The quantitative estimate of drug-likeness (QED) is 0.600. The molecule has 29 heavy (non-hydrogen) atoms. The van der Waals surface area contributed by atoms with Crippen LogP contribution in [0.3, 0.4) is 0 Å². The molecule has 1 saturated heterocycles. The number of fused-ring (bicyclic) bond motifs is 2. The molecule has 0 amide bonds. The van der Waals surface area contributed by atoms with Crippen molar-refractivity contribution in [1.29, 1.82) is 0 Å². The van der Waals surface area contributed by atoms with Crippen LogP contribution in [0.4, 0.5) is 0 Å². The number of aromatic amines is 1. The molecule has 2 heterocycles. The lowest BCUT2D eigenvalue weighted by Crippen LogP contribution is -2.35. The van der Waals surface area contributed by atoms with E-state index in [0.29, 0.717) is 18.4 Å². The van der Waals surface area contributed by atoms with Crippen LogP contribution in [0.2, 0.25) is 0 Å². The van der Waals surface area contributed by atoms with Crippen molar-refractivity contribution in [2.24, 2.45) is 11.8 Å². The van der Waals surface area contributed by atoms with Crippen LogP contribution in [0.15, 0.2) is 48.8 Å². The first-order chi connectivity index (χ1) is 14.2. The van der Waals surface area contributed by atoms with Crippen LogP contribution in [0.25, 0.3) is 21.9 Å². The van der Waals surface area contributed by atoms with Crippen LogP contribution in [-0.4, -0.2) is 63.8 Å². The van der Waals surface area contributed by atoms with Gasteiger partial charge < -0.3 is 19.8 Å². The summed E-state index contributed by atoms with van der Waals surface area (Å²) < 4.78 is 6.03. The number of likely N-dealkylation sites (tertiary alicyclic amines) is 1. The molecule has 6 heteroatoms. The standard InChI is InChI=1S/C23H27N3O3/c27-18-7-15-11-26(12-16(15)8-18)13-19(28)14-29-23-6-5-20(17-9-24-25-10-17)21-3-1-2-4-22(21)23/h1-6,9-10,15-16,18-19,27-28H,7-8,11-14H2,(H,24,25)/t15-,16+,18?,19?. The lowest BCUT2D eigenvalue weighted by atomic mass is 10.00. The van der Waals surface area contributed by atoms with Crippen molar-refractivity contribution in [3.63, 3.8) is 0 Å². The van der Waals surface area contributed by atoms with Crippen molar-refractivity contribution < 1.29 is 14.9 Å². The van der Waals surface area contributed by atoms with Gasteiger partial charge in [0.05, 0.1) is 12.3 Å². The molecule has 1 aliphatic heterocycles. The summed E-state index contributed by atoms with van der Waals surface area (Å²) in [5.74, 6) is 1.95. The summed E-state index contributed by atoms with van der Waals surface area (Å²) in [4.78, 5) is 2.31. The third-order valence-electron chi connectivity index (χ3n) is 6.40. The van der Waals surface area contributed by atoms with Gasteiger partial charge >= 0.3 is 0 Å². The van der Waals surface area contributed by atoms with Gasteiger partial charge in [0.25, 0.3) is 0 Å². The van der Waals surface area contributed by atoms with Crippen LogP contribution in [0.1, 0.15) is 12.8 Å². The highest BCUT2D eigenvalue weighted by molar-refractivity contribution is 5.99. The maximum absolute atomic E-state index is 10.5. The van der Waals surface area contributed by atoms with Crippen molar-refractivity contribution in [3.8, 4) is 16.9 Å². The van der Waals surface area contributed by atoms with E-state index in [2.05, 4.69) is 21.2 Å². The van der Waals surface area contributed by atoms with E-state index in [1.807, 2.05) is 42.7 Å². The summed E-state index contributed by atoms with van der Waals surface area (Å²) in [5.41, 5.74) is 2.14. The fraction of sp³-hybridized carbons (Fsp3) is 0.435. The van der Waals surface area contributed by atoms with Gasteiger partial charge in [-0.25, -0.2) is 0 Å². The molecule has 2 fully saturated rings. The number of H-pyrrole nitrogens is 1. The molecule has 1 aliphatic carbocycles. The summed E-state index contributed by atoms with van der Waals surface area (Å²) in [6.07, 6.45) is 4.85. The van der Waals surface area contributed by atoms with E-state index in [1.54, 1.807) is 0 Å². The van der Waals surface area contributed by atoms with Gasteiger partial charge in [0, 0.05) is 36.8 Å². The zero-order valence-corrected chi connectivity index (χ0v) is 16.4. The fourth-order valence-electron chi connectivity index (χ4n) is 5.10. The summed E-state index contributed by atoms with van der Waals surface area (Å²) in [6, 6.07) is 12.2. The third-order valence-corrected chi connectivity index (χ3v) is 6.40. The average Bonchev–Trinajstić information content (AvgIpc) is 3.43. The number of benzene rings is 2. The zero-order chi connectivity index (χ0) is 19.8. The lowest BCUT2D eigenvalue weighted by molar-refractivity contribution is 0.0713. The average molecular weight is 393 g/mol. The largest absolute Gasteiger partial charge is 0.490 e. The van der Waals surface area contributed by atoms with Gasteiger partial charge in [-0.3, -0.25) is 5.10 Å². The number of aromatic nitrogens is 2. The molecule has 0 radical (unpaired) electrons. The summed E-state index contributed by atoms with van der Waals surface area (Å²) in [5, 5.41) is 29.4. The first-order valence-electron chi connectivity index (χ1n) is 10.4. The summed E-state index contributed by atoms with van der Waals surface area (Å²) >= 11 is 0. The Morgan fingerprint density at radius 3 is 2.59 bits per heavy atom. The second kappa shape index (κ2) is 7.78. The Hall–Kier alpha value is -2.41. The minimum atomic E-state index is -0.536. The SMILES string of the molecule is OC1C[C@@H]2CN(CC(O)COc3ccc(-c4cn[nH]c4)c4ccccc34)C[C@@H]2C1. The number of β-amino-alcohol motifs (C(OH)–C–C–N with tert-alkyl or cyclic N) is 1. The highest BCUT2D eigenvalue weighted by Gasteiger charge is 2.40. The summed E-state index contributed by atoms with van der Waals surface area (Å²) in [6.45, 7) is 2.83. The molecule has 2 aromatic carbocycles. The van der Waals surface area contributed by atoms with Crippen molar-refractivity contribution in [3.05, 3.63) is 48.8 Å². The van der Waals surface area contributed by atoms with Crippen LogP contribution in [-0.2, 0) is 0 Å². The number of nitrogens with one attached hydrogen (secondary N) is 1. The molecule has 3 N–H and O–H groups in total. The number of nitrogens with zero attached hydrogens (tertiary/aromatic N) is 2. The van der Waals surface area contributed by atoms with Crippen molar-refractivity contribution in [2.45, 2.75) is 25.0 Å². The normalized spacial score (nSPS) is 25.4. The molecule has 1 saturated carbocycles. The molecular weight excluding hydrogens is 366 g/mol. The highest BCUT2D eigenvalue weighted by Crippen LogP contribution is 2.38. The predicted octanol–water partition coefficient (Wildman–Crippen LogP) is 2.67. The van der Waals surface area contributed by atoms with Crippen molar-refractivity contribution in [1.82, 2.24) is 15.1 Å². The molecule has 5 rings (SSSR count). The minimum absolute atomic E-state index is 0.126. The van der Waals surface area contributed by atoms with Crippen molar-refractivity contribution in [2.75, 3.05) is 26.2 Å². The Morgan fingerprint density at radius 1 is 1.10 bits per heavy atom. The molecule has 1 aromatic heterocycles. The van der Waals surface area contributed by atoms with Crippen LogP contribution in [0.5, 0.6) is 5.75 Å². The lowest BCUT2D eigenvalue weighted by Gasteiger charge is -2.22. The number of ether oxygens (including phenoxy) is 1. The van der Waals surface area contributed by atoms with E-state index in [9.17, 15) is 10.2 Å². The Bertz CT molecular complexity index is 961. The van der Waals surface area contributed by atoms with Crippen LogP contribution < -0.4 is 4.74 Å². The maximum atomic E-state index is 10.5. The molecule has 0 spiro atoms. The molecule has 4 atom stereocenters. The van der Waals surface area contributed by atoms with E-state index in [-0.39, 0.29) is 12.7 Å². The van der Waals surface area contributed by atoms with Crippen LogP contribution >= 0.6 is 0 Å². The van der Waals surface area contributed by atoms with Gasteiger partial charge in [-0.15, -0.1) is 0 Å². The third kappa shape index (κ3) is 3.75. The van der Waals surface area contributed by atoms with Gasteiger partial charge in [-0.1, -0.05) is 24.3 Å². The van der Waals surface area contributed by atoms with E-state index in [1.165, 1.54) is 0 Å². The number of hydrogen-bond donors (Lipinski definition) is 3. The van der Waals surface area contributed by atoms with E-state index < -0.39 is 6.10 Å². The Balaban J connectivity index is 1.25. The molecule has 2 aliphatic rings. The second-order valence-corrected chi connectivity index (χ2v) is 8.47. The number of hydrogen-bond acceptors (Lipinski definition) is 5. The topological polar surface area (TPSA) is 81.6 Å². The van der Waals surface area contributed by atoms with E-state index in [4.69, 9.17) is 4.74 Å². The summed E-state index contributed by atoms with van der Waals surface area (Å²) in [7, 11) is 0. The second-order valence-electron chi connectivity index (χ2n) is 8.47. The number of aliphatic hydroxyl groups is 2. The fourth-order valence-corrected chi connectivity index (χ4v) is 5.10. The minimum Gasteiger partial charge on any atom is -0.490 e. The Kier molecular flexibility index (Phi) is 4.99. The zero-order valence-electron chi connectivity index (χ0n) is 16.4. The molecule has 2 unspecified atom stereocenters. The van der Waals surface area contributed by atoms with E-state index >= 15 is 0 Å². The van der Waals surface area contributed by atoms with Gasteiger partial charge in [0.1, 0.15) is 18.5 Å². The highest BCUT2D eigenvalue weighted by atomic mass is 16.5. The number of rotatable bonds is 6. The predicted molar refractivity (Wildman–Crippen MR) is 112 cm³/mol. The van der Waals surface area contributed by atoms with Crippen LogP contribution in [0, 0.1) is 11.8 Å². The van der Waals surface area contributed by atoms with Gasteiger partial charge in [-0.2, -0.15) is 5.10 Å². The molecule has 3 aromatic rings. The van der Waals surface area contributed by atoms with Gasteiger partial charge in [0.15, 0.2) is 0 Å². The smallest absolute Gasteiger partial charge is 0.127 e. The first-order valence-corrected chi connectivity index (χ1v) is 10.4.